The van der Waals surface area contributed by atoms with Crippen LogP contribution in [0.3, 0.4) is 0 Å². The first kappa shape index (κ1) is 20.9. The number of ketones is 1. The van der Waals surface area contributed by atoms with E-state index < -0.39 is 17.7 Å². The molecule has 1 fully saturated rings. The molecule has 5 nitrogen and oxygen atoms in total. The highest BCUT2D eigenvalue weighted by Gasteiger charge is 2.47. The van der Waals surface area contributed by atoms with E-state index in [1.807, 2.05) is 37.3 Å². The summed E-state index contributed by atoms with van der Waals surface area (Å²) in [6.07, 6.45) is 0. The normalized spacial score (nSPS) is 17.8. The van der Waals surface area contributed by atoms with Gasteiger partial charge < -0.3 is 9.84 Å². The van der Waals surface area contributed by atoms with E-state index >= 15 is 0 Å². The molecule has 3 aromatic rings. The second-order valence-electron chi connectivity index (χ2n) is 7.24. The van der Waals surface area contributed by atoms with Crippen molar-refractivity contribution in [1.29, 1.82) is 0 Å². The molecule has 1 amide bonds. The van der Waals surface area contributed by atoms with E-state index in [0.29, 0.717) is 17.0 Å². The van der Waals surface area contributed by atoms with Gasteiger partial charge in [-0.25, -0.2) is 0 Å². The zero-order valence-corrected chi connectivity index (χ0v) is 18.6. The number of methoxy groups -OCH3 is 1. The van der Waals surface area contributed by atoms with Crippen molar-refractivity contribution in [1.82, 2.24) is 0 Å². The van der Waals surface area contributed by atoms with Crippen molar-refractivity contribution in [2.24, 2.45) is 0 Å². The molecule has 1 unspecified atom stereocenters. The number of para-hydroxylation sites is 1. The molecule has 3 aromatic carbocycles. The number of halogens is 1. The maximum atomic E-state index is 13.1. The van der Waals surface area contributed by atoms with Crippen LogP contribution < -0.4 is 9.64 Å². The molecule has 0 radical (unpaired) electrons. The summed E-state index contributed by atoms with van der Waals surface area (Å²) in [4.78, 5) is 27.7. The van der Waals surface area contributed by atoms with Crippen molar-refractivity contribution in [2.75, 3.05) is 12.0 Å². The molecule has 1 heterocycles. The van der Waals surface area contributed by atoms with Crippen LogP contribution in [-0.4, -0.2) is 23.9 Å². The van der Waals surface area contributed by atoms with Crippen molar-refractivity contribution in [3.63, 3.8) is 0 Å². The first-order chi connectivity index (χ1) is 14.9. The quantitative estimate of drug-likeness (QED) is 0.310. The largest absolute Gasteiger partial charge is 0.507 e. The van der Waals surface area contributed by atoms with E-state index in [1.54, 1.807) is 49.6 Å². The lowest BCUT2D eigenvalue weighted by molar-refractivity contribution is -0.132. The Morgan fingerprint density at radius 1 is 1.00 bits per heavy atom. The molecule has 6 heteroatoms. The van der Waals surface area contributed by atoms with Gasteiger partial charge in [-0.3, -0.25) is 14.5 Å². The molecule has 31 heavy (non-hydrogen) atoms. The van der Waals surface area contributed by atoms with Gasteiger partial charge in [0.25, 0.3) is 11.7 Å². The Kier molecular flexibility index (Phi) is 5.65. The van der Waals surface area contributed by atoms with Crippen LogP contribution in [0.5, 0.6) is 5.75 Å². The Hall–Kier alpha value is -3.38. The highest BCUT2D eigenvalue weighted by molar-refractivity contribution is 9.10. The highest BCUT2D eigenvalue weighted by Crippen LogP contribution is 2.42. The van der Waals surface area contributed by atoms with E-state index in [-0.39, 0.29) is 11.3 Å². The Bertz CT molecular complexity index is 1190. The van der Waals surface area contributed by atoms with Gasteiger partial charge in [-0.2, -0.15) is 0 Å². The van der Waals surface area contributed by atoms with Gasteiger partial charge in [0.15, 0.2) is 0 Å². The molecule has 0 spiro atoms. The lowest BCUT2D eigenvalue weighted by atomic mass is 9.94. The minimum atomic E-state index is -0.753. The average molecular weight is 478 g/mol. The number of ether oxygens (including phenoxy) is 1. The number of aliphatic hydroxyl groups excluding tert-OH is 1. The molecule has 1 aliphatic rings. The van der Waals surface area contributed by atoms with Crippen molar-refractivity contribution >= 4 is 39.1 Å². The molecule has 4 rings (SSSR count). The third-order valence-electron chi connectivity index (χ3n) is 5.35. The number of amides is 1. The standard InChI is InChI=1S/C25H20BrNO4/c1-15-14-19(31-2)12-13-20(15)23(28)21-22(16-8-10-17(26)11-9-16)27(25(30)24(21)29)18-6-4-3-5-7-18/h3-14,22,28H,1-2H3/b23-21-. The Balaban J connectivity index is 1.94. The summed E-state index contributed by atoms with van der Waals surface area (Å²) in [6.45, 7) is 1.82. The van der Waals surface area contributed by atoms with E-state index in [0.717, 1.165) is 15.6 Å². The van der Waals surface area contributed by atoms with Gasteiger partial charge in [0.05, 0.1) is 18.7 Å². The number of anilines is 1. The summed E-state index contributed by atoms with van der Waals surface area (Å²) in [5, 5.41) is 11.2. The Morgan fingerprint density at radius 2 is 1.68 bits per heavy atom. The van der Waals surface area contributed by atoms with Crippen molar-refractivity contribution in [3.05, 3.63) is 99.5 Å². The van der Waals surface area contributed by atoms with Crippen molar-refractivity contribution in [2.45, 2.75) is 13.0 Å². The van der Waals surface area contributed by atoms with Gasteiger partial charge in [0, 0.05) is 15.7 Å². The first-order valence-corrected chi connectivity index (χ1v) is 10.5. The molecule has 1 aliphatic heterocycles. The van der Waals surface area contributed by atoms with Gasteiger partial charge in [0.1, 0.15) is 11.5 Å². The van der Waals surface area contributed by atoms with Gasteiger partial charge in [0.2, 0.25) is 0 Å². The molecule has 1 atom stereocenters. The second-order valence-corrected chi connectivity index (χ2v) is 8.15. The van der Waals surface area contributed by atoms with Gasteiger partial charge in [-0.05, 0) is 60.5 Å². The SMILES string of the molecule is COc1ccc(/C(O)=C2/C(=O)C(=O)N(c3ccccc3)C2c2ccc(Br)cc2)c(C)c1. The zero-order valence-electron chi connectivity index (χ0n) is 17.0. The van der Waals surface area contributed by atoms with Crippen LogP contribution in [0.4, 0.5) is 5.69 Å². The predicted molar refractivity (Wildman–Crippen MR) is 123 cm³/mol. The van der Waals surface area contributed by atoms with Crippen LogP contribution in [0.2, 0.25) is 0 Å². The fourth-order valence-corrected chi connectivity index (χ4v) is 4.09. The Morgan fingerprint density at radius 3 is 2.29 bits per heavy atom. The summed E-state index contributed by atoms with van der Waals surface area (Å²) in [5.74, 6) is -0.954. The van der Waals surface area contributed by atoms with Crippen LogP contribution in [0, 0.1) is 6.92 Å². The topological polar surface area (TPSA) is 66.8 Å². The van der Waals surface area contributed by atoms with Gasteiger partial charge >= 0.3 is 0 Å². The number of aryl methyl sites for hydroxylation is 1. The van der Waals surface area contributed by atoms with Crippen molar-refractivity contribution in [3.8, 4) is 5.75 Å². The lowest BCUT2D eigenvalue weighted by Gasteiger charge is -2.25. The fraction of sp³-hybridized carbons (Fsp3) is 0.120. The number of nitrogens with zero attached hydrogens (tertiary/aromatic N) is 1. The molecule has 0 saturated carbocycles. The summed E-state index contributed by atoms with van der Waals surface area (Å²) in [6, 6.07) is 20.8. The van der Waals surface area contributed by atoms with Crippen LogP contribution in [0.1, 0.15) is 22.7 Å². The molecule has 1 N–H and O–H groups in total. The number of hydrogen-bond donors (Lipinski definition) is 1. The van der Waals surface area contributed by atoms with Gasteiger partial charge in [-0.1, -0.05) is 46.3 Å². The van der Waals surface area contributed by atoms with Gasteiger partial charge in [-0.15, -0.1) is 0 Å². The van der Waals surface area contributed by atoms with Crippen LogP contribution in [-0.2, 0) is 9.59 Å². The molecule has 0 aliphatic carbocycles. The molecule has 1 saturated heterocycles. The predicted octanol–water partition coefficient (Wildman–Crippen LogP) is 5.39. The number of benzene rings is 3. The molecule has 156 valence electrons. The maximum Gasteiger partial charge on any atom is 0.300 e. The highest BCUT2D eigenvalue weighted by atomic mass is 79.9. The van der Waals surface area contributed by atoms with E-state index in [1.165, 1.54) is 4.90 Å². The maximum absolute atomic E-state index is 13.1. The minimum Gasteiger partial charge on any atom is -0.507 e. The summed E-state index contributed by atoms with van der Waals surface area (Å²) >= 11 is 3.42. The van der Waals surface area contributed by atoms with Crippen LogP contribution >= 0.6 is 15.9 Å². The fourth-order valence-electron chi connectivity index (χ4n) is 3.82. The third-order valence-corrected chi connectivity index (χ3v) is 5.88. The van der Waals surface area contributed by atoms with E-state index in [4.69, 9.17) is 4.74 Å². The number of hydrogen-bond acceptors (Lipinski definition) is 4. The number of Topliss-reactive ketones (excluding diaryl/α,β-unsaturated/α-hetero) is 1. The summed E-state index contributed by atoms with van der Waals surface area (Å²) in [5.41, 5.74) is 2.58. The zero-order chi connectivity index (χ0) is 22.1. The number of aliphatic hydroxyl groups is 1. The van der Waals surface area contributed by atoms with Crippen LogP contribution in [0.15, 0.2) is 82.8 Å². The molecular weight excluding hydrogens is 458 g/mol. The molecular formula is C25H20BrNO4. The first-order valence-electron chi connectivity index (χ1n) is 9.69. The molecule has 0 aromatic heterocycles. The van der Waals surface area contributed by atoms with Crippen molar-refractivity contribution < 1.29 is 19.4 Å². The number of carbonyl (C=O) groups is 2. The summed E-state index contributed by atoms with van der Waals surface area (Å²) < 4.78 is 6.11. The monoisotopic (exact) mass is 477 g/mol. The number of rotatable bonds is 4. The smallest absolute Gasteiger partial charge is 0.300 e. The lowest BCUT2D eigenvalue weighted by Crippen LogP contribution is -2.29. The molecule has 0 bridgehead atoms. The summed E-state index contributed by atoms with van der Waals surface area (Å²) in [7, 11) is 1.56. The Labute approximate surface area is 188 Å². The van der Waals surface area contributed by atoms with Crippen LogP contribution in [0.25, 0.3) is 5.76 Å². The third kappa shape index (κ3) is 3.75. The minimum absolute atomic E-state index is 0.0597. The van der Waals surface area contributed by atoms with E-state index in [2.05, 4.69) is 15.9 Å². The average Bonchev–Trinajstić information content (AvgIpc) is 3.05. The number of carbonyl (C=O) groups excluding carboxylic acids is 2. The van der Waals surface area contributed by atoms with E-state index in [9.17, 15) is 14.7 Å². The second kappa shape index (κ2) is 8.40.